The van der Waals surface area contributed by atoms with Gasteiger partial charge in [-0.2, -0.15) is 0 Å². The number of nitrogens with one attached hydrogen (secondary N) is 1. The van der Waals surface area contributed by atoms with E-state index in [1.807, 2.05) is 30.5 Å². The molecule has 0 spiro atoms. The maximum absolute atomic E-state index is 12.2. The lowest BCUT2D eigenvalue weighted by atomic mass is 10.1. The van der Waals surface area contributed by atoms with Crippen molar-refractivity contribution in [3.8, 4) is 11.1 Å². The van der Waals surface area contributed by atoms with E-state index in [-0.39, 0.29) is 18.8 Å². The number of hydrogen-bond acceptors (Lipinski definition) is 5. The van der Waals surface area contributed by atoms with Crippen LogP contribution in [0.15, 0.2) is 65.2 Å². The summed E-state index contributed by atoms with van der Waals surface area (Å²) in [5.41, 5.74) is 3.03. The minimum atomic E-state index is -0.422. The molecule has 0 radical (unpaired) electrons. The Morgan fingerprint density at radius 1 is 1.08 bits per heavy atom. The van der Waals surface area contributed by atoms with E-state index < -0.39 is 11.8 Å². The van der Waals surface area contributed by atoms with Crippen molar-refractivity contribution in [1.82, 2.24) is 4.90 Å². The highest BCUT2D eigenvalue weighted by molar-refractivity contribution is 7.98. The third-order valence-electron chi connectivity index (χ3n) is 3.90. The Morgan fingerprint density at radius 3 is 2.52 bits per heavy atom. The second-order valence-electron chi connectivity index (χ2n) is 5.51. The Balaban J connectivity index is 1.79. The van der Waals surface area contributed by atoms with Crippen molar-refractivity contribution in [2.24, 2.45) is 0 Å². The molecule has 0 fully saturated rings. The number of aliphatic hydroxyl groups is 1. The van der Waals surface area contributed by atoms with Crippen LogP contribution in [0.4, 0.5) is 5.69 Å². The minimum absolute atomic E-state index is 0.00117. The molecule has 1 aliphatic rings. The van der Waals surface area contributed by atoms with E-state index in [9.17, 15) is 9.59 Å². The molecule has 2 amide bonds. The fourth-order valence-electron chi connectivity index (χ4n) is 2.63. The van der Waals surface area contributed by atoms with Gasteiger partial charge in [0.25, 0.3) is 11.8 Å². The SMILES string of the molecule is CSc1ccc(-c2cccc(NC3=CC(=O)N(CCO)C3=O)c2)cc1. The molecule has 0 aromatic heterocycles. The van der Waals surface area contributed by atoms with Crippen LogP contribution in [-0.4, -0.2) is 41.2 Å². The predicted molar refractivity (Wildman–Crippen MR) is 99.2 cm³/mol. The van der Waals surface area contributed by atoms with E-state index in [0.29, 0.717) is 0 Å². The lowest BCUT2D eigenvalue weighted by Gasteiger charge is -2.13. The maximum atomic E-state index is 12.2. The molecule has 0 aliphatic carbocycles. The number of β-amino-alcohol motifs (C(OH)–C–C–N with tert-alkyl or cyclic N) is 1. The van der Waals surface area contributed by atoms with Gasteiger partial charge < -0.3 is 10.4 Å². The smallest absolute Gasteiger partial charge is 0.277 e. The number of carbonyl (C=O) groups is 2. The fraction of sp³-hybridized carbons (Fsp3) is 0.158. The quantitative estimate of drug-likeness (QED) is 0.617. The van der Waals surface area contributed by atoms with Crippen molar-refractivity contribution in [3.05, 3.63) is 60.3 Å². The molecule has 6 heteroatoms. The van der Waals surface area contributed by atoms with E-state index in [4.69, 9.17) is 5.11 Å². The molecular formula is C19H18N2O3S. The first kappa shape index (κ1) is 17.3. The van der Waals surface area contributed by atoms with Gasteiger partial charge in [0.2, 0.25) is 0 Å². The van der Waals surface area contributed by atoms with Gasteiger partial charge in [-0.15, -0.1) is 11.8 Å². The van der Waals surface area contributed by atoms with Gasteiger partial charge in [0.05, 0.1) is 13.2 Å². The lowest BCUT2D eigenvalue weighted by Crippen LogP contribution is -2.34. The average molecular weight is 354 g/mol. The van der Waals surface area contributed by atoms with Gasteiger partial charge in [0.1, 0.15) is 5.70 Å². The fourth-order valence-corrected chi connectivity index (χ4v) is 3.03. The van der Waals surface area contributed by atoms with Crippen molar-refractivity contribution in [1.29, 1.82) is 0 Å². The Bertz CT molecular complexity index is 831. The molecule has 0 saturated heterocycles. The third-order valence-corrected chi connectivity index (χ3v) is 4.64. The van der Waals surface area contributed by atoms with Crippen molar-refractivity contribution in [2.45, 2.75) is 4.90 Å². The van der Waals surface area contributed by atoms with Crippen LogP contribution in [0.2, 0.25) is 0 Å². The van der Waals surface area contributed by atoms with Gasteiger partial charge in [-0.25, -0.2) is 0 Å². The summed E-state index contributed by atoms with van der Waals surface area (Å²) in [7, 11) is 0. The third kappa shape index (κ3) is 3.75. The molecule has 128 valence electrons. The van der Waals surface area contributed by atoms with Gasteiger partial charge in [-0.05, 0) is 41.6 Å². The summed E-state index contributed by atoms with van der Waals surface area (Å²) < 4.78 is 0. The molecule has 0 bridgehead atoms. The van der Waals surface area contributed by atoms with E-state index in [1.165, 1.54) is 11.0 Å². The number of hydrogen-bond donors (Lipinski definition) is 2. The van der Waals surface area contributed by atoms with Crippen molar-refractivity contribution < 1.29 is 14.7 Å². The van der Waals surface area contributed by atoms with E-state index >= 15 is 0 Å². The van der Waals surface area contributed by atoms with Crippen molar-refractivity contribution >= 4 is 29.3 Å². The standard InChI is InChI=1S/C19H18N2O3S/c1-25-16-7-5-13(6-8-16)14-3-2-4-15(11-14)20-17-12-18(23)21(9-10-22)19(17)24/h2-8,11-12,20,22H,9-10H2,1H3. The van der Waals surface area contributed by atoms with Gasteiger partial charge in [0.15, 0.2) is 0 Å². The second-order valence-corrected chi connectivity index (χ2v) is 6.39. The summed E-state index contributed by atoms with van der Waals surface area (Å²) in [5.74, 6) is -0.834. The van der Waals surface area contributed by atoms with Crippen LogP contribution < -0.4 is 5.32 Å². The molecule has 0 saturated carbocycles. The first-order valence-electron chi connectivity index (χ1n) is 7.82. The largest absolute Gasteiger partial charge is 0.395 e. The molecule has 2 aromatic carbocycles. The first-order valence-corrected chi connectivity index (χ1v) is 9.05. The topological polar surface area (TPSA) is 69.6 Å². The highest BCUT2D eigenvalue weighted by Crippen LogP contribution is 2.26. The highest BCUT2D eigenvalue weighted by atomic mass is 32.2. The summed E-state index contributed by atoms with van der Waals surface area (Å²) in [5, 5.41) is 12.0. The number of amides is 2. The summed E-state index contributed by atoms with van der Waals surface area (Å²) in [6, 6.07) is 15.9. The normalized spacial score (nSPS) is 14.0. The van der Waals surface area contributed by atoms with Crippen LogP contribution in [0.25, 0.3) is 11.1 Å². The molecule has 1 heterocycles. The molecule has 5 nitrogen and oxygen atoms in total. The summed E-state index contributed by atoms with van der Waals surface area (Å²) in [4.78, 5) is 26.2. The van der Waals surface area contributed by atoms with Crippen molar-refractivity contribution in [2.75, 3.05) is 24.7 Å². The second kappa shape index (κ2) is 7.55. The number of nitrogens with zero attached hydrogens (tertiary/aromatic N) is 1. The van der Waals surface area contributed by atoms with Crippen LogP contribution in [0.3, 0.4) is 0 Å². The van der Waals surface area contributed by atoms with Gasteiger partial charge >= 0.3 is 0 Å². The molecular weight excluding hydrogens is 336 g/mol. The number of anilines is 1. The molecule has 3 rings (SSSR count). The molecule has 2 aromatic rings. The van der Waals surface area contributed by atoms with E-state index in [1.54, 1.807) is 11.8 Å². The number of benzene rings is 2. The summed E-state index contributed by atoms with van der Waals surface area (Å²) >= 11 is 1.69. The number of carbonyl (C=O) groups excluding carboxylic acids is 2. The number of imide groups is 1. The summed E-state index contributed by atoms with van der Waals surface area (Å²) in [6.07, 6.45) is 3.30. The Kier molecular flexibility index (Phi) is 5.21. The van der Waals surface area contributed by atoms with Crippen LogP contribution in [0.1, 0.15) is 0 Å². The molecule has 2 N–H and O–H groups in total. The molecule has 25 heavy (non-hydrogen) atoms. The average Bonchev–Trinajstić information content (AvgIpc) is 2.90. The predicted octanol–water partition coefficient (Wildman–Crippen LogP) is 2.73. The van der Waals surface area contributed by atoms with Crippen LogP contribution in [0.5, 0.6) is 0 Å². The maximum Gasteiger partial charge on any atom is 0.277 e. The number of thioether (sulfide) groups is 1. The van der Waals surface area contributed by atoms with Gasteiger partial charge in [-0.3, -0.25) is 14.5 Å². The first-order chi connectivity index (χ1) is 12.1. The minimum Gasteiger partial charge on any atom is -0.395 e. The summed E-state index contributed by atoms with van der Waals surface area (Å²) in [6.45, 7) is -0.249. The molecule has 0 atom stereocenters. The molecule has 1 aliphatic heterocycles. The van der Waals surface area contributed by atoms with Crippen LogP contribution in [-0.2, 0) is 9.59 Å². The number of aliphatic hydroxyl groups excluding tert-OH is 1. The Labute approximate surface area is 150 Å². The van der Waals surface area contributed by atoms with Crippen LogP contribution in [0, 0.1) is 0 Å². The van der Waals surface area contributed by atoms with Gasteiger partial charge in [0, 0.05) is 16.7 Å². The zero-order valence-electron chi connectivity index (χ0n) is 13.7. The van der Waals surface area contributed by atoms with E-state index in [2.05, 4.69) is 29.6 Å². The van der Waals surface area contributed by atoms with Gasteiger partial charge in [-0.1, -0.05) is 24.3 Å². The zero-order valence-corrected chi connectivity index (χ0v) is 14.5. The van der Waals surface area contributed by atoms with Crippen molar-refractivity contribution in [3.63, 3.8) is 0 Å². The zero-order chi connectivity index (χ0) is 17.8. The Morgan fingerprint density at radius 2 is 1.84 bits per heavy atom. The Hall–Kier alpha value is -2.57. The van der Waals surface area contributed by atoms with Crippen LogP contribution >= 0.6 is 11.8 Å². The number of rotatable bonds is 6. The lowest BCUT2D eigenvalue weighted by molar-refractivity contribution is -0.137. The highest BCUT2D eigenvalue weighted by Gasteiger charge is 2.30. The monoisotopic (exact) mass is 354 g/mol. The molecule has 0 unspecified atom stereocenters. The van der Waals surface area contributed by atoms with E-state index in [0.717, 1.165) is 21.7 Å².